The van der Waals surface area contributed by atoms with Gasteiger partial charge in [-0.25, -0.2) is 4.79 Å². The van der Waals surface area contributed by atoms with Gasteiger partial charge in [-0.2, -0.15) is 0 Å². The van der Waals surface area contributed by atoms with Crippen LogP contribution >= 0.6 is 22.9 Å². The standard InChI is InChI=1S/C12H14ClNO4S/c1-7(8-2-3-9(13)19-8)10(15)14-12(11(16)17)4-5-18-6-12/h2-3,7H,4-6H2,1H3,(H,14,15)(H,16,17). The zero-order valence-electron chi connectivity index (χ0n) is 10.3. The van der Waals surface area contributed by atoms with E-state index >= 15 is 0 Å². The lowest BCUT2D eigenvalue weighted by Gasteiger charge is -2.25. The zero-order chi connectivity index (χ0) is 14.0. The Hall–Kier alpha value is -1.11. The van der Waals surface area contributed by atoms with E-state index in [2.05, 4.69) is 5.32 Å². The SMILES string of the molecule is CC(C(=O)NC1(C(=O)O)CCOC1)c1ccc(Cl)s1. The second-order valence-corrected chi connectivity index (χ2v) is 6.29. The fourth-order valence-electron chi connectivity index (χ4n) is 1.92. The van der Waals surface area contributed by atoms with E-state index in [0.717, 1.165) is 4.88 Å². The average Bonchev–Trinajstić information content (AvgIpc) is 2.98. The molecule has 0 saturated carbocycles. The van der Waals surface area contributed by atoms with Gasteiger partial charge in [-0.1, -0.05) is 11.6 Å². The van der Waals surface area contributed by atoms with E-state index in [4.69, 9.17) is 16.3 Å². The number of halogens is 1. The van der Waals surface area contributed by atoms with E-state index < -0.39 is 17.4 Å². The Balaban J connectivity index is 2.09. The van der Waals surface area contributed by atoms with Crippen molar-refractivity contribution in [3.8, 4) is 0 Å². The maximum atomic E-state index is 12.2. The van der Waals surface area contributed by atoms with Crippen LogP contribution < -0.4 is 5.32 Å². The zero-order valence-corrected chi connectivity index (χ0v) is 11.9. The molecule has 0 radical (unpaired) electrons. The lowest BCUT2D eigenvalue weighted by Crippen LogP contribution is -2.56. The molecule has 1 fully saturated rings. The molecule has 2 unspecified atom stereocenters. The fourth-order valence-corrected chi connectivity index (χ4v) is 3.03. The van der Waals surface area contributed by atoms with Gasteiger partial charge < -0.3 is 15.2 Å². The molecule has 0 spiro atoms. The number of aliphatic carboxylic acids is 1. The summed E-state index contributed by atoms with van der Waals surface area (Å²) in [5, 5.41) is 11.9. The van der Waals surface area contributed by atoms with Crippen molar-refractivity contribution in [2.75, 3.05) is 13.2 Å². The summed E-state index contributed by atoms with van der Waals surface area (Å²) in [5.74, 6) is -1.82. The Morgan fingerprint density at radius 3 is 2.79 bits per heavy atom. The Bertz CT molecular complexity index is 496. The topological polar surface area (TPSA) is 75.6 Å². The highest BCUT2D eigenvalue weighted by molar-refractivity contribution is 7.16. The maximum Gasteiger partial charge on any atom is 0.331 e. The van der Waals surface area contributed by atoms with E-state index in [1.807, 2.05) is 0 Å². The number of carboxylic acids is 1. The van der Waals surface area contributed by atoms with Gasteiger partial charge in [-0.3, -0.25) is 4.79 Å². The van der Waals surface area contributed by atoms with Crippen LogP contribution in [0, 0.1) is 0 Å². The number of hydrogen-bond acceptors (Lipinski definition) is 4. The lowest BCUT2D eigenvalue weighted by molar-refractivity contribution is -0.147. The van der Waals surface area contributed by atoms with E-state index in [0.29, 0.717) is 10.9 Å². The molecule has 2 heterocycles. The highest BCUT2D eigenvalue weighted by Crippen LogP contribution is 2.29. The first-order valence-corrected chi connectivity index (χ1v) is 7.02. The van der Waals surface area contributed by atoms with Crippen LogP contribution in [0.15, 0.2) is 12.1 Å². The molecular weight excluding hydrogens is 290 g/mol. The molecule has 19 heavy (non-hydrogen) atoms. The second-order valence-electron chi connectivity index (χ2n) is 4.54. The molecule has 5 nitrogen and oxygen atoms in total. The first kappa shape index (κ1) is 14.3. The third-order valence-electron chi connectivity index (χ3n) is 3.21. The van der Waals surface area contributed by atoms with Gasteiger partial charge in [0.15, 0.2) is 5.54 Å². The number of nitrogens with one attached hydrogen (secondary N) is 1. The molecule has 1 aromatic heterocycles. The summed E-state index contributed by atoms with van der Waals surface area (Å²) in [6.07, 6.45) is 0.284. The van der Waals surface area contributed by atoms with Gasteiger partial charge in [0.05, 0.1) is 16.9 Å². The summed E-state index contributed by atoms with van der Waals surface area (Å²) >= 11 is 7.15. The summed E-state index contributed by atoms with van der Waals surface area (Å²) in [7, 11) is 0. The molecule has 0 aromatic carbocycles. The van der Waals surface area contributed by atoms with E-state index in [1.54, 1.807) is 19.1 Å². The van der Waals surface area contributed by atoms with Gasteiger partial charge in [0.2, 0.25) is 5.91 Å². The molecule has 7 heteroatoms. The number of carbonyl (C=O) groups is 2. The minimum Gasteiger partial charge on any atom is -0.479 e. The van der Waals surface area contributed by atoms with Crippen LogP contribution in [0.25, 0.3) is 0 Å². The van der Waals surface area contributed by atoms with Crippen molar-refractivity contribution in [2.45, 2.75) is 24.8 Å². The van der Waals surface area contributed by atoms with Crippen molar-refractivity contribution in [1.82, 2.24) is 5.32 Å². The fraction of sp³-hybridized carbons (Fsp3) is 0.500. The molecule has 1 aliphatic heterocycles. The molecule has 1 amide bonds. The molecule has 0 aliphatic carbocycles. The number of carboxylic acid groups (broad SMARTS) is 1. The molecule has 1 saturated heterocycles. The number of carbonyl (C=O) groups excluding carboxylic acids is 1. The van der Waals surface area contributed by atoms with Gasteiger partial charge in [0.1, 0.15) is 0 Å². The quantitative estimate of drug-likeness (QED) is 0.890. The molecule has 2 atom stereocenters. The van der Waals surface area contributed by atoms with E-state index in [9.17, 15) is 14.7 Å². The Morgan fingerprint density at radius 1 is 1.58 bits per heavy atom. The predicted molar refractivity (Wildman–Crippen MR) is 71.7 cm³/mol. The van der Waals surface area contributed by atoms with E-state index in [-0.39, 0.29) is 18.9 Å². The average molecular weight is 304 g/mol. The summed E-state index contributed by atoms with van der Waals surface area (Å²) in [6.45, 7) is 2.07. The van der Waals surface area contributed by atoms with Crippen LogP contribution in [0.3, 0.4) is 0 Å². The lowest BCUT2D eigenvalue weighted by atomic mass is 9.97. The minimum atomic E-state index is -1.30. The third-order valence-corrected chi connectivity index (χ3v) is 4.62. The number of hydrogen-bond donors (Lipinski definition) is 2. The minimum absolute atomic E-state index is 0.00594. The van der Waals surface area contributed by atoms with Gasteiger partial charge in [-0.05, 0) is 19.1 Å². The van der Waals surface area contributed by atoms with Crippen LogP contribution in [0.2, 0.25) is 4.34 Å². The Labute approximate surface area is 119 Å². The number of ether oxygens (including phenoxy) is 1. The molecular formula is C12H14ClNO4S. The van der Waals surface area contributed by atoms with Gasteiger partial charge >= 0.3 is 5.97 Å². The highest BCUT2D eigenvalue weighted by atomic mass is 35.5. The van der Waals surface area contributed by atoms with Gasteiger partial charge in [-0.15, -0.1) is 11.3 Å². The second kappa shape index (κ2) is 5.48. The van der Waals surface area contributed by atoms with Crippen LogP contribution in [0.5, 0.6) is 0 Å². The Kier molecular flexibility index (Phi) is 4.13. The van der Waals surface area contributed by atoms with Crippen molar-refractivity contribution < 1.29 is 19.4 Å². The van der Waals surface area contributed by atoms with Crippen LogP contribution in [0.4, 0.5) is 0 Å². The first-order chi connectivity index (χ1) is 8.94. The number of thiophene rings is 1. The Morgan fingerprint density at radius 2 is 2.32 bits per heavy atom. The normalized spacial score (nSPS) is 24.1. The van der Waals surface area contributed by atoms with Gasteiger partial charge in [0, 0.05) is 17.9 Å². The van der Waals surface area contributed by atoms with Crippen molar-refractivity contribution in [1.29, 1.82) is 0 Å². The summed E-state index contributed by atoms with van der Waals surface area (Å²) in [4.78, 5) is 24.3. The largest absolute Gasteiger partial charge is 0.479 e. The monoisotopic (exact) mass is 303 g/mol. The summed E-state index contributed by atoms with van der Waals surface area (Å²) < 4.78 is 5.70. The first-order valence-electron chi connectivity index (χ1n) is 5.83. The van der Waals surface area contributed by atoms with E-state index in [1.165, 1.54) is 11.3 Å². The van der Waals surface area contributed by atoms with Crippen LogP contribution in [-0.4, -0.2) is 35.7 Å². The molecule has 0 bridgehead atoms. The summed E-state index contributed by atoms with van der Waals surface area (Å²) in [5.41, 5.74) is -1.30. The van der Waals surface area contributed by atoms with Gasteiger partial charge in [0.25, 0.3) is 0 Å². The number of amides is 1. The van der Waals surface area contributed by atoms with Crippen molar-refractivity contribution >= 4 is 34.8 Å². The smallest absolute Gasteiger partial charge is 0.331 e. The molecule has 104 valence electrons. The van der Waals surface area contributed by atoms with Crippen LogP contribution in [0.1, 0.15) is 24.1 Å². The van der Waals surface area contributed by atoms with Crippen LogP contribution in [-0.2, 0) is 14.3 Å². The predicted octanol–water partition coefficient (Wildman–Crippen LogP) is 1.86. The van der Waals surface area contributed by atoms with Crippen molar-refractivity contribution in [2.24, 2.45) is 0 Å². The maximum absolute atomic E-state index is 12.2. The van der Waals surface area contributed by atoms with Crippen molar-refractivity contribution in [3.05, 3.63) is 21.3 Å². The third kappa shape index (κ3) is 2.91. The molecule has 1 aromatic rings. The molecule has 2 rings (SSSR count). The van der Waals surface area contributed by atoms with Crippen molar-refractivity contribution in [3.63, 3.8) is 0 Å². The highest BCUT2D eigenvalue weighted by Gasteiger charge is 2.44. The number of rotatable bonds is 4. The summed E-state index contributed by atoms with van der Waals surface area (Å²) in [6, 6.07) is 3.49. The molecule has 1 aliphatic rings. The molecule has 2 N–H and O–H groups in total.